The van der Waals surface area contributed by atoms with Gasteiger partial charge >= 0.3 is 0 Å². The predicted octanol–water partition coefficient (Wildman–Crippen LogP) is 4.38. The number of aromatic nitrogens is 4. The molecule has 4 aromatic rings. The fraction of sp³-hybridized carbons (Fsp3) is 0.375. The van der Waals surface area contributed by atoms with Crippen molar-refractivity contribution in [1.82, 2.24) is 19.5 Å². The van der Waals surface area contributed by atoms with Gasteiger partial charge in [-0.15, -0.1) is 0 Å². The molecule has 0 aliphatic rings. The van der Waals surface area contributed by atoms with Crippen molar-refractivity contribution in [3.63, 3.8) is 0 Å². The summed E-state index contributed by atoms with van der Waals surface area (Å²) in [5, 5.41) is 0.990. The summed E-state index contributed by atoms with van der Waals surface area (Å²) in [6, 6.07) is 10.0. The van der Waals surface area contributed by atoms with Crippen molar-refractivity contribution >= 4 is 27.8 Å². The third-order valence-corrected chi connectivity index (χ3v) is 5.18. The maximum absolute atomic E-state index is 6.26. The van der Waals surface area contributed by atoms with Crippen LogP contribution in [0.25, 0.3) is 21.9 Å². The van der Waals surface area contributed by atoms with E-state index in [1.807, 2.05) is 30.5 Å². The Morgan fingerprint density at radius 3 is 2.77 bits per heavy atom. The molecule has 4 rings (SSSR count). The average molecular weight is 420 g/mol. The molecule has 0 atom stereocenters. The Kier molecular flexibility index (Phi) is 6.32. The monoisotopic (exact) mass is 419 g/mol. The lowest BCUT2D eigenvalue weighted by atomic mass is 10.1. The number of nitrogens with two attached hydrogens (primary N) is 1. The maximum Gasteiger partial charge on any atom is 0.152 e. The van der Waals surface area contributed by atoms with Crippen LogP contribution < -0.4 is 10.5 Å². The molecule has 0 bridgehead atoms. The van der Waals surface area contributed by atoms with Crippen LogP contribution in [0.5, 0.6) is 5.75 Å². The van der Waals surface area contributed by atoms with E-state index in [4.69, 9.17) is 20.2 Å². The number of methoxy groups -OCH3 is 1. The summed E-state index contributed by atoms with van der Waals surface area (Å²) in [5.74, 6) is 2.56. The van der Waals surface area contributed by atoms with Crippen LogP contribution in [0.3, 0.4) is 0 Å². The fourth-order valence-electron chi connectivity index (χ4n) is 3.84. The van der Waals surface area contributed by atoms with Gasteiger partial charge in [-0.25, -0.2) is 9.97 Å². The fourth-order valence-corrected chi connectivity index (χ4v) is 3.84. The van der Waals surface area contributed by atoms with Gasteiger partial charge in [-0.05, 0) is 48.6 Å². The van der Waals surface area contributed by atoms with Crippen molar-refractivity contribution < 1.29 is 9.47 Å². The van der Waals surface area contributed by atoms with Crippen LogP contribution in [0.1, 0.15) is 31.7 Å². The first kappa shape index (κ1) is 21.1. The summed E-state index contributed by atoms with van der Waals surface area (Å²) in [5.41, 5.74) is 10.0. The van der Waals surface area contributed by atoms with Crippen molar-refractivity contribution in [2.75, 3.05) is 19.5 Å². The largest absolute Gasteiger partial charge is 0.494 e. The average Bonchev–Trinajstić information content (AvgIpc) is 3.11. The number of pyridine rings is 2. The topological polar surface area (TPSA) is 88.1 Å². The van der Waals surface area contributed by atoms with E-state index in [-0.39, 0.29) is 0 Å². The van der Waals surface area contributed by atoms with Crippen LogP contribution in [0.2, 0.25) is 0 Å². The van der Waals surface area contributed by atoms with Crippen LogP contribution >= 0.6 is 0 Å². The third kappa shape index (κ3) is 4.61. The van der Waals surface area contributed by atoms with Gasteiger partial charge in [-0.1, -0.05) is 19.9 Å². The van der Waals surface area contributed by atoms with Gasteiger partial charge in [0.2, 0.25) is 0 Å². The molecule has 0 saturated heterocycles. The van der Waals surface area contributed by atoms with E-state index in [1.165, 1.54) is 5.56 Å². The van der Waals surface area contributed by atoms with Gasteiger partial charge < -0.3 is 19.8 Å². The first-order valence-electron chi connectivity index (χ1n) is 10.7. The van der Waals surface area contributed by atoms with E-state index >= 15 is 0 Å². The molecule has 0 saturated carbocycles. The Hall–Kier alpha value is -3.19. The quantitative estimate of drug-likeness (QED) is 0.405. The number of hydrogen-bond acceptors (Lipinski definition) is 6. The van der Waals surface area contributed by atoms with E-state index in [2.05, 4.69) is 34.4 Å². The number of fused-ring (bicyclic) bond motifs is 3. The van der Waals surface area contributed by atoms with Gasteiger partial charge in [0.05, 0.1) is 17.6 Å². The van der Waals surface area contributed by atoms with Crippen LogP contribution in [0.4, 0.5) is 5.82 Å². The molecule has 7 heteroatoms. The highest BCUT2D eigenvalue weighted by Gasteiger charge is 2.18. The molecule has 0 amide bonds. The number of hydrogen-bond donors (Lipinski definition) is 1. The van der Waals surface area contributed by atoms with Gasteiger partial charge in [0, 0.05) is 31.4 Å². The van der Waals surface area contributed by atoms with E-state index in [1.54, 1.807) is 13.3 Å². The molecule has 0 radical (unpaired) electrons. The lowest BCUT2D eigenvalue weighted by Gasteiger charge is -2.13. The summed E-state index contributed by atoms with van der Waals surface area (Å²) < 4.78 is 13.6. The zero-order valence-corrected chi connectivity index (χ0v) is 18.3. The van der Waals surface area contributed by atoms with Crippen molar-refractivity contribution in [2.24, 2.45) is 5.92 Å². The van der Waals surface area contributed by atoms with Crippen LogP contribution in [-0.2, 0) is 24.3 Å². The van der Waals surface area contributed by atoms with Gasteiger partial charge in [0.25, 0.3) is 0 Å². The summed E-state index contributed by atoms with van der Waals surface area (Å²) in [4.78, 5) is 13.5. The van der Waals surface area contributed by atoms with Crippen LogP contribution in [0.15, 0.2) is 42.7 Å². The molecule has 0 fully saturated rings. The molecular formula is C24H29N5O2. The maximum atomic E-state index is 6.26. The first-order valence-corrected chi connectivity index (χ1v) is 10.7. The van der Waals surface area contributed by atoms with Crippen molar-refractivity contribution in [3.8, 4) is 5.75 Å². The van der Waals surface area contributed by atoms with Gasteiger partial charge in [0.15, 0.2) is 5.82 Å². The zero-order valence-electron chi connectivity index (χ0n) is 18.3. The number of nitrogen functional groups attached to an aromatic ring is 1. The van der Waals surface area contributed by atoms with Gasteiger partial charge in [0.1, 0.15) is 23.7 Å². The lowest BCUT2D eigenvalue weighted by molar-refractivity contribution is 0.174. The molecular weight excluding hydrogens is 390 g/mol. The molecule has 162 valence electrons. The van der Waals surface area contributed by atoms with E-state index in [0.29, 0.717) is 30.5 Å². The van der Waals surface area contributed by atoms with Crippen molar-refractivity contribution in [3.05, 3.63) is 54.1 Å². The molecule has 0 spiro atoms. The standard InChI is InChI=1S/C24H29N5O2/c1-16(2)14-29-21(15-30-3)28-22-23(29)19-12-18(8-9-20(19)27-24(22)25)31-11-5-7-17-6-4-10-26-13-17/h4,6,8-10,12-13,16H,5,7,11,14-15H2,1-3H3,(H2,25,27). The number of anilines is 1. The molecule has 2 N–H and O–H groups in total. The third-order valence-electron chi connectivity index (χ3n) is 5.18. The minimum atomic E-state index is 0.423. The summed E-state index contributed by atoms with van der Waals surface area (Å²) >= 11 is 0. The number of aryl methyl sites for hydroxylation is 1. The number of nitrogens with zero attached hydrogens (tertiary/aromatic N) is 4. The molecule has 3 heterocycles. The number of rotatable bonds is 9. The Morgan fingerprint density at radius 1 is 1.16 bits per heavy atom. The van der Waals surface area contributed by atoms with Crippen molar-refractivity contribution in [2.45, 2.75) is 39.8 Å². The molecule has 0 aliphatic carbocycles. The molecule has 31 heavy (non-hydrogen) atoms. The molecule has 0 unspecified atom stereocenters. The Balaban J connectivity index is 1.65. The Labute approximate surface area is 182 Å². The minimum Gasteiger partial charge on any atom is -0.494 e. The normalized spacial score (nSPS) is 11.6. The summed E-state index contributed by atoms with van der Waals surface area (Å²) in [6.07, 6.45) is 5.54. The van der Waals surface area contributed by atoms with E-state index in [9.17, 15) is 0 Å². The summed E-state index contributed by atoms with van der Waals surface area (Å²) in [6.45, 7) is 6.25. The second-order valence-electron chi connectivity index (χ2n) is 8.15. The first-order chi connectivity index (χ1) is 15.1. The molecule has 0 aliphatic heterocycles. The smallest absolute Gasteiger partial charge is 0.152 e. The van der Waals surface area contributed by atoms with Gasteiger partial charge in [-0.3, -0.25) is 4.98 Å². The minimum absolute atomic E-state index is 0.423. The molecule has 3 aromatic heterocycles. The Bertz CT molecular complexity index is 1170. The van der Waals surface area contributed by atoms with Gasteiger partial charge in [-0.2, -0.15) is 0 Å². The highest BCUT2D eigenvalue weighted by molar-refractivity contribution is 6.07. The SMILES string of the molecule is COCc1nc2c(N)nc3ccc(OCCCc4cccnc4)cc3c2n1CC(C)C. The molecule has 1 aromatic carbocycles. The molecule has 7 nitrogen and oxygen atoms in total. The van der Waals surface area contributed by atoms with E-state index < -0.39 is 0 Å². The van der Waals surface area contributed by atoms with Crippen LogP contribution in [0, 0.1) is 5.92 Å². The highest BCUT2D eigenvalue weighted by atomic mass is 16.5. The second-order valence-corrected chi connectivity index (χ2v) is 8.15. The number of imidazole rings is 1. The Morgan fingerprint density at radius 2 is 2.03 bits per heavy atom. The second kappa shape index (κ2) is 9.31. The number of benzene rings is 1. The van der Waals surface area contributed by atoms with E-state index in [0.717, 1.165) is 47.4 Å². The highest BCUT2D eigenvalue weighted by Crippen LogP contribution is 2.32. The summed E-state index contributed by atoms with van der Waals surface area (Å²) in [7, 11) is 1.68. The zero-order chi connectivity index (χ0) is 21.8. The van der Waals surface area contributed by atoms with Crippen molar-refractivity contribution in [1.29, 1.82) is 0 Å². The number of ether oxygens (including phenoxy) is 2. The lowest BCUT2D eigenvalue weighted by Crippen LogP contribution is -2.09. The predicted molar refractivity (Wildman–Crippen MR) is 123 cm³/mol. The van der Waals surface area contributed by atoms with Crippen LogP contribution in [-0.4, -0.2) is 33.2 Å².